The monoisotopic (exact) mass is 992 g/mol. The molecule has 0 amide bonds. The zero-order chi connectivity index (χ0) is 50.6. The molecule has 6 heteroatoms. The Morgan fingerprint density at radius 1 is 0.338 bits per heavy atom. The van der Waals surface area contributed by atoms with Crippen molar-refractivity contribution in [3.63, 3.8) is 0 Å². The Morgan fingerprint density at radius 3 is 1.14 bits per heavy atom. The number of hydrogen-bond acceptors (Lipinski definition) is 5. The van der Waals surface area contributed by atoms with Crippen LogP contribution in [0, 0.1) is 0 Å². The molecule has 0 saturated carbocycles. The molecule has 0 spiro atoms. The van der Waals surface area contributed by atoms with Gasteiger partial charge in [0.15, 0.2) is 0 Å². The Hall–Kier alpha value is -7.64. The van der Waals surface area contributed by atoms with Crippen molar-refractivity contribution in [2.75, 3.05) is 9.80 Å². The first kappa shape index (κ1) is 47.4. The third kappa shape index (κ3) is 9.12. The number of ether oxygens (including phenoxy) is 1. The molecule has 0 bridgehead atoms. The summed E-state index contributed by atoms with van der Waals surface area (Å²) >= 11 is 3.62. The number of nitrogens with zero attached hydrogens (tertiary/aromatic N) is 2. The number of anilines is 6. The number of fused-ring (bicyclic) bond motifs is 4. The van der Waals surface area contributed by atoms with Crippen LogP contribution in [0.5, 0.6) is 11.5 Å². The van der Waals surface area contributed by atoms with Crippen LogP contribution in [-0.4, -0.2) is 6.71 Å². The third-order valence-corrected chi connectivity index (χ3v) is 16.5. The molecule has 2 aliphatic heterocycles. The highest BCUT2D eigenvalue weighted by molar-refractivity contribution is 7.99. The van der Waals surface area contributed by atoms with E-state index in [0.717, 1.165) is 55.2 Å². The van der Waals surface area contributed by atoms with Crippen LogP contribution in [-0.2, 0) is 10.8 Å². The van der Waals surface area contributed by atoms with Crippen molar-refractivity contribution in [1.82, 2.24) is 0 Å². The van der Waals surface area contributed by atoms with E-state index in [2.05, 4.69) is 270 Å². The van der Waals surface area contributed by atoms with Crippen LogP contribution in [0.1, 0.15) is 52.7 Å². The van der Waals surface area contributed by atoms with Crippen molar-refractivity contribution in [2.24, 2.45) is 0 Å². The van der Waals surface area contributed by atoms with Gasteiger partial charge in [0.1, 0.15) is 11.5 Å². The predicted octanol–water partition coefficient (Wildman–Crippen LogP) is 17.8. The summed E-state index contributed by atoms with van der Waals surface area (Å²) in [6.07, 6.45) is 0. The second kappa shape index (κ2) is 19.3. The van der Waals surface area contributed by atoms with Gasteiger partial charge in [0.25, 0.3) is 6.71 Å². The van der Waals surface area contributed by atoms with Crippen molar-refractivity contribution in [3.8, 4) is 33.8 Å². The van der Waals surface area contributed by atoms with E-state index in [1.54, 1.807) is 0 Å². The molecule has 2 aliphatic rings. The minimum atomic E-state index is -0.114. The van der Waals surface area contributed by atoms with Gasteiger partial charge in [-0.15, -0.1) is 0 Å². The average molecular weight is 993 g/mol. The molecule has 0 radical (unpaired) electrons. The summed E-state index contributed by atoms with van der Waals surface area (Å²) in [5.74, 6) is 1.54. The zero-order valence-electron chi connectivity index (χ0n) is 42.7. The maximum atomic E-state index is 7.12. The molecule has 3 nitrogen and oxygen atoms in total. The number of rotatable bonds is 10. The normalized spacial score (nSPS) is 12.8. The van der Waals surface area contributed by atoms with Gasteiger partial charge >= 0.3 is 0 Å². The lowest BCUT2D eigenvalue weighted by atomic mass is 9.33. The van der Waals surface area contributed by atoms with Crippen LogP contribution in [0.25, 0.3) is 22.3 Å². The topological polar surface area (TPSA) is 15.7 Å². The Bertz CT molecular complexity index is 3450. The van der Waals surface area contributed by atoms with Crippen molar-refractivity contribution in [3.05, 3.63) is 248 Å². The van der Waals surface area contributed by atoms with Crippen molar-refractivity contribution in [2.45, 2.75) is 72.0 Å². The summed E-state index contributed by atoms with van der Waals surface area (Å²) < 4.78 is 7.12. The molecular weight excluding hydrogens is 936 g/mol. The smallest absolute Gasteiger partial charge is 0.252 e. The van der Waals surface area contributed by atoms with Crippen LogP contribution >= 0.6 is 23.5 Å². The highest BCUT2D eigenvalue weighted by atomic mass is 32.2. The van der Waals surface area contributed by atoms with E-state index >= 15 is 0 Å². The zero-order valence-corrected chi connectivity index (χ0v) is 44.3. The van der Waals surface area contributed by atoms with E-state index in [1.165, 1.54) is 59.8 Å². The lowest BCUT2D eigenvalue weighted by Crippen LogP contribution is -2.61. The van der Waals surface area contributed by atoms with Crippen LogP contribution < -0.4 is 30.9 Å². The minimum Gasteiger partial charge on any atom is -0.457 e. The van der Waals surface area contributed by atoms with Gasteiger partial charge in [0.2, 0.25) is 0 Å². The predicted molar refractivity (Wildman–Crippen MR) is 316 cm³/mol. The quantitative estimate of drug-likeness (QED) is 0.127. The lowest BCUT2D eigenvalue weighted by molar-refractivity contribution is 0.483. The molecule has 0 N–H and O–H groups in total. The molecule has 0 fully saturated rings. The Morgan fingerprint density at radius 2 is 0.730 bits per heavy atom. The van der Waals surface area contributed by atoms with Crippen LogP contribution in [0.4, 0.5) is 34.1 Å². The van der Waals surface area contributed by atoms with E-state index in [0.29, 0.717) is 0 Å². The Kier molecular flexibility index (Phi) is 12.4. The molecule has 0 saturated heterocycles. The third-order valence-electron chi connectivity index (χ3n) is 14.3. The summed E-state index contributed by atoms with van der Waals surface area (Å²) in [5.41, 5.74) is 17.5. The van der Waals surface area contributed by atoms with Crippen molar-refractivity contribution >= 4 is 80.7 Å². The average Bonchev–Trinajstić information content (AvgIpc) is 3.42. The number of benzene rings is 10. The molecule has 0 unspecified atom stereocenters. The van der Waals surface area contributed by atoms with Gasteiger partial charge in [-0.2, -0.15) is 0 Å². The second-order valence-electron chi connectivity index (χ2n) is 21.4. The molecule has 12 rings (SSSR count). The first-order valence-corrected chi connectivity index (χ1v) is 27.2. The second-order valence-corrected chi connectivity index (χ2v) is 23.6. The van der Waals surface area contributed by atoms with Gasteiger partial charge < -0.3 is 14.5 Å². The molecule has 0 aliphatic carbocycles. The summed E-state index contributed by atoms with van der Waals surface area (Å²) in [6.45, 7) is 13.8. The Balaban J connectivity index is 1.21. The van der Waals surface area contributed by atoms with Gasteiger partial charge in [-0.3, -0.25) is 0 Å². The maximum Gasteiger partial charge on any atom is 0.252 e. The summed E-state index contributed by atoms with van der Waals surface area (Å²) in [7, 11) is 0. The van der Waals surface area contributed by atoms with Crippen LogP contribution in [0.3, 0.4) is 0 Å². The van der Waals surface area contributed by atoms with Gasteiger partial charge in [0, 0.05) is 54.5 Å². The highest BCUT2D eigenvalue weighted by Gasteiger charge is 2.45. The Labute approximate surface area is 446 Å². The fourth-order valence-electron chi connectivity index (χ4n) is 10.5. The summed E-state index contributed by atoms with van der Waals surface area (Å²) in [6, 6.07) is 86.6. The van der Waals surface area contributed by atoms with Gasteiger partial charge in [-0.05, 0) is 133 Å². The number of hydrogen-bond donors (Lipinski definition) is 0. The molecule has 360 valence electrons. The van der Waals surface area contributed by atoms with Crippen LogP contribution in [0.15, 0.2) is 256 Å². The standard InChI is InChI=1S/C68H57BN2OS2/c1-67(2,3)50-34-36-56-58(42-50)70(60-40-48(46-22-12-7-13-23-46)32-38-64(60)73-54-28-18-10-19-29-54)62-44-53(72-52-26-16-9-17-27-52)45-63-66(62)69(56)57-37-35-51(68(4,5)6)43-59(57)71(63)61-41-49(47-24-14-8-15-25-47)33-39-65(61)74-55-30-20-11-21-31-55/h7-45H,1-6H3. The van der Waals surface area contributed by atoms with Crippen molar-refractivity contribution < 1.29 is 4.74 Å². The van der Waals surface area contributed by atoms with E-state index < -0.39 is 0 Å². The fourth-order valence-corrected chi connectivity index (χ4v) is 12.4. The van der Waals surface area contributed by atoms with E-state index in [4.69, 9.17) is 4.74 Å². The first-order chi connectivity index (χ1) is 35.9. The van der Waals surface area contributed by atoms with E-state index in [9.17, 15) is 0 Å². The fraction of sp³-hybridized carbons (Fsp3) is 0.118. The number of para-hydroxylation sites is 1. The van der Waals surface area contributed by atoms with Gasteiger partial charge in [0.05, 0.1) is 11.4 Å². The molecule has 2 heterocycles. The lowest BCUT2D eigenvalue weighted by Gasteiger charge is -2.45. The van der Waals surface area contributed by atoms with E-state index in [1.807, 2.05) is 41.7 Å². The molecule has 10 aromatic carbocycles. The first-order valence-electron chi connectivity index (χ1n) is 25.6. The molecule has 0 aromatic heterocycles. The SMILES string of the molecule is CC(C)(C)c1ccc2c(c1)N(c1cc(-c3ccccc3)ccc1Sc1ccccc1)c1cc(Oc3ccccc3)cc3c1B2c1ccc(C(C)(C)C)cc1N3c1cc(-c2ccccc2)ccc1Sc1ccccc1. The molecule has 10 aromatic rings. The molecule has 0 atom stereocenters. The largest absolute Gasteiger partial charge is 0.457 e. The summed E-state index contributed by atoms with van der Waals surface area (Å²) in [5, 5.41) is 0. The van der Waals surface area contributed by atoms with E-state index in [-0.39, 0.29) is 17.5 Å². The maximum absolute atomic E-state index is 7.12. The minimum absolute atomic E-state index is 0.101. The molecular formula is C68H57BN2OS2. The summed E-state index contributed by atoms with van der Waals surface area (Å²) in [4.78, 5) is 9.82. The van der Waals surface area contributed by atoms with Crippen LogP contribution in [0.2, 0.25) is 0 Å². The molecule has 74 heavy (non-hydrogen) atoms. The van der Waals surface area contributed by atoms with Gasteiger partial charge in [-0.25, -0.2) is 0 Å². The van der Waals surface area contributed by atoms with Gasteiger partial charge in [-0.1, -0.05) is 217 Å². The highest BCUT2D eigenvalue weighted by Crippen LogP contribution is 2.52. The van der Waals surface area contributed by atoms with Crippen molar-refractivity contribution in [1.29, 1.82) is 0 Å².